The van der Waals surface area contributed by atoms with Gasteiger partial charge in [0.05, 0.1) is 13.2 Å². The van der Waals surface area contributed by atoms with Crippen LogP contribution in [0.15, 0.2) is 30.9 Å². The lowest BCUT2D eigenvalue weighted by Gasteiger charge is -2.27. The first-order chi connectivity index (χ1) is 15.0. The lowest BCUT2D eigenvalue weighted by atomic mass is 10.2. The zero-order chi connectivity index (χ0) is 21.4. The van der Waals surface area contributed by atoms with Crippen molar-refractivity contribution in [1.29, 1.82) is 0 Å². The first-order valence-corrected chi connectivity index (χ1v) is 10.1. The highest BCUT2D eigenvalue weighted by molar-refractivity contribution is 5.65. The largest absolute Gasteiger partial charge is 0.434 e. The fraction of sp³-hybridized carbons (Fsp3) is 0.474. The second-order valence-electron chi connectivity index (χ2n) is 7.52. The van der Waals surface area contributed by atoms with Crippen LogP contribution in [0.3, 0.4) is 0 Å². The van der Waals surface area contributed by atoms with Crippen molar-refractivity contribution in [3.05, 3.63) is 36.5 Å². The molecule has 0 spiro atoms. The van der Waals surface area contributed by atoms with Crippen molar-refractivity contribution >= 4 is 23.2 Å². The van der Waals surface area contributed by atoms with Gasteiger partial charge in [0.1, 0.15) is 5.82 Å². The third kappa shape index (κ3) is 4.07. The molecule has 0 aliphatic carbocycles. The van der Waals surface area contributed by atoms with E-state index in [-0.39, 0.29) is 11.7 Å². The van der Waals surface area contributed by atoms with Crippen molar-refractivity contribution in [3.63, 3.8) is 0 Å². The number of nitrogens with zero attached hydrogens (tertiary/aromatic N) is 7. The molecule has 2 saturated heterocycles. The summed E-state index contributed by atoms with van der Waals surface area (Å²) in [5, 5.41) is 3.41. The van der Waals surface area contributed by atoms with Gasteiger partial charge >= 0.3 is 6.18 Å². The summed E-state index contributed by atoms with van der Waals surface area (Å²) in [6.45, 7) is 4.04. The Bertz CT molecular complexity index is 1070. The summed E-state index contributed by atoms with van der Waals surface area (Å²) in [7, 11) is 0. The topological polar surface area (TPSA) is 83.7 Å². The molecule has 31 heavy (non-hydrogen) atoms. The number of fused-ring (bicyclic) bond motifs is 1. The molecule has 1 unspecified atom stereocenters. The van der Waals surface area contributed by atoms with Crippen molar-refractivity contribution in [3.8, 4) is 0 Å². The highest BCUT2D eigenvalue weighted by Crippen LogP contribution is 2.31. The molecule has 5 rings (SSSR count). The van der Waals surface area contributed by atoms with E-state index in [0.717, 1.165) is 31.5 Å². The van der Waals surface area contributed by atoms with Crippen LogP contribution >= 0.6 is 0 Å². The molecule has 0 aromatic carbocycles. The third-order valence-electron chi connectivity index (χ3n) is 5.42. The molecule has 3 aromatic rings. The molecule has 0 amide bonds. The Balaban J connectivity index is 1.30. The van der Waals surface area contributed by atoms with E-state index in [9.17, 15) is 13.2 Å². The zero-order valence-corrected chi connectivity index (χ0v) is 16.6. The average Bonchev–Trinajstić information content (AvgIpc) is 3.41. The number of rotatable bonds is 4. The number of hydrogen-bond acceptors (Lipinski definition) is 8. The van der Waals surface area contributed by atoms with Gasteiger partial charge < -0.3 is 24.3 Å². The van der Waals surface area contributed by atoms with Gasteiger partial charge in [-0.25, -0.2) is 15.0 Å². The number of morpholine rings is 1. The quantitative estimate of drug-likeness (QED) is 0.668. The maximum Gasteiger partial charge on any atom is 0.434 e. The van der Waals surface area contributed by atoms with Gasteiger partial charge in [-0.2, -0.15) is 18.2 Å². The molecule has 164 valence electrons. The second kappa shape index (κ2) is 7.84. The van der Waals surface area contributed by atoms with Crippen molar-refractivity contribution in [2.45, 2.75) is 18.6 Å². The Hall–Kier alpha value is -3.15. The first kappa shape index (κ1) is 19.8. The zero-order valence-electron chi connectivity index (χ0n) is 16.6. The molecule has 0 bridgehead atoms. The Morgan fingerprint density at radius 3 is 2.68 bits per heavy atom. The maximum absolute atomic E-state index is 13.1. The molecule has 12 heteroatoms. The van der Waals surface area contributed by atoms with Gasteiger partial charge in [0.15, 0.2) is 17.2 Å². The predicted octanol–water partition coefficient (Wildman–Crippen LogP) is 2.07. The summed E-state index contributed by atoms with van der Waals surface area (Å²) < 4.78 is 45.9. The summed E-state index contributed by atoms with van der Waals surface area (Å²) in [5.41, 5.74) is -0.723. The van der Waals surface area contributed by atoms with Gasteiger partial charge in [0.25, 0.3) is 0 Å². The van der Waals surface area contributed by atoms with E-state index in [1.165, 1.54) is 16.8 Å². The van der Waals surface area contributed by atoms with Crippen molar-refractivity contribution in [1.82, 2.24) is 24.3 Å². The van der Waals surface area contributed by atoms with Gasteiger partial charge in [0, 0.05) is 57.0 Å². The molecule has 1 atom stereocenters. The smallest absolute Gasteiger partial charge is 0.378 e. The van der Waals surface area contributed by atoms with E-state index in [1.54, 1.807) is 6.20 Å². The van der Waals surface area contributed by atoms with Crippen LogP contribution in [0.2, 0.25) is 0 Å². The van der Waals surface area contributed by atoms with Crippen molar-refractivity contribution in [2.24, 2.45) is 0 Å². The predicted molar refractivity (Wildman–Crippen MR) is 107 cm³/mol. The Morgan fingerprint density at radius 1 is 1.03 bits per heavy atom. The summed E-state index contributed by atoms with van der Waals surface area (Å²) in [6.07, 6.45) is 1.97. The minimum absolute atomic E-state index is 0.0755. The molecule has 3 aromatic heterocycles. The van der Waals surface area contributed by atoms with Crippen LogP contribution in [-0.2, 0) is 10.9 Å². The first-order valence-electron chi connectivity index (χ1n) is 10.1. The van der Waals surface area contributed by atoms with Crippen LogP contribution in [0.25, 0.3) is 5.65 Å². The Kier molecular flexibility index (Phi) is 5.00. The molecule has 2 fully saturated rings. The number of alkyl halides is 3. The fourth-order valence-electron chi connectivity index (χ4n) is 3.89. The van der Waals surface area contributed by atoms with Gasteiger partial charge in [-0.15, -0.1) is 0 Å². The van der Waals surface area contributed by atoms with Crippen LogP contribution < -0.4 is 15.1 Å². The Labute approximate surface area is 175 Å². The van der Waals surface area contributed by atoms with Crippen LogP contribution in [-0.4, -0.2) is 69.8 Å². The number of anilines is 3. The second-order valence-corrected chi connectivity index (χ2v) is 7.52. The molecule has 0 saturated carbocycles. The lowest BCUT2D eigenvalue weighted by Crippen LogP contribution is -2.37. The number of aromatic nitrogens is 5. The Morgan fingerprint density at radius 2 is 1.87 bits per heavy atom. The summed E-state index contributed by atoms with van der Waals surface area (Å²) in [5.74, 6) is 1.82. The standard InChI is InChI=1S/C19H21F3N8O/c20-19(21,22)14-12-30-6-4-23-16(17(30)26-14)29-5-2-13(11-29)25-15-1-3-24-18(27-15)28-7-9-31-10-8-28/h1,3-4,6,12-13H,2,5,7-11H2,(H,24,25,27). The molecular weight excluding hydrogens is 413 g/mol. The molecule has 5 heterocycles. The highest BCUT2D eigenvalue weighted by Gasteiger charge is 2.35. The molecule has 0 radical (unpaired) electrons. The number of hydrogen-bond donors (Lipinski definition) is 1. The van der Waals surface area contributed by atoms with Crippen LogP contribution in [0.5, 0.6) is 0 Å². The average molecular weight is 434 g/mol. The monoisotopic (exact) mass is 434 g/mol. The van der Waals surface area contributed by atoms with Gasteiger partial charge in [-0.05, 0) is 12.5 Å². The van der Waals surface area contributed by atoms with Crippen LogP contribution in [0, 0.1) is 0 Å². The van der Waals surface area contributed by atoms with E-state index < -0.39 is 11.9 Å². The summed E-state index contributed by atoms with van der Waals surface area (Å²) in [4.78, 5) is 21.1. The fourth-order valence-corrected chi connectivity index (χ4v) is 3.89. The molecule has 2 aliphatic heterocycles. The van der Waals surface area contributed by atoms with Crippen molar-refractivity contribution in [2.75, 3.05) is 54.5 Å². The van der Waals surface area contributed by atoms with Crippen LogP contribution in [0.4, 0.5) is 30.8 Å². The molecule has 2 aliphatic rings. The number of nitrogens with one attached hydrogen (secondary N) is 1. The number of imidazole rings is 1. The SMILES string of the molecule is FC(F)(F)c1cn2ccnc(N3CCC(Nc4ccnc(N5CCOCC5)n4)C3)c2n1. The van der Waals surface area contributed by atoms with E-state index in [4.69, 9.17) is 4.74 Å². The molecule has 1 N–H and O–H groups in total. The van der Waals surface area contributed by atoms with E-state index in [1.807, 2.05) is 11.0 Å². The van der Waals surface area contributed by atoms with E-state index >= 15 is 0 Å². The normalized spacial score (nSPS) is 19.9. The maximum atomic E-state index is 13.1. The minimum atomic E-state index is -4.50. The molecular formula is C19H21F3N8O. The third-order valence-corrected chi connectivity index (χ3v) is 5.42. The van der Waals surface area contributed by atoms with Gasteiger partial charge in [-0.3, -0.25) is 0 Å². The number of halogens is 3. The molecule has 9 nitrogen and oxygen atoms in total. The van der Waals surface area contributed by atoms with Gasteiger partial charge in [0.2, 0.25) is 5.95 Å². The van der Waals surface area contributed by atoms with E-state index in [2.05, 4.69) is 30.2 Å². The van der Waals surface area contributed by atoms with E-state index in [0.29, 0.717) is 38.1 Å². The van der Waals surface area contributed by atoms with Crippen LogP contribution in [0.1, 0.15) is 12.1 Å². The van der Waals surface area contributed by atoms with Crippen molar-refractivity contribution < 1.29 is 17.9 Å². The lowest BCUT2D eigenvalue weighted by molar-refractivity contribution is -0.140. The minimum Gasteiger partial charge on any atom is -0.378 e. The summed E-state index contributed by atoms with van der Waals surface area (Å²) in [6, 6.07) is 1.89. The van der Waals surface area contributed by atoms with Gasteiger partial charge in [-0.1, -0.05) is 0 Å². The number of ether oxygens (including phenoxy) is 1. The highest BCUT2D eigenvalue weighted by atomic mass is 19.4. The summed E-state index contributed by atoms with van der Waals surface area (Å²) >= 11 is 0.